The zero-order valence-corrected chi connectivity index (χ0v) is 21.4. The number of amides is 1. The van der Waals surface area contributed by atoms with Crippen LogP contribution in [0, 0.1) is 5.82 Å². The number of halogens is 1. The fraction of sp³-hybridized carbons (Fsp3) is 0.152. The highest BCUT2D eigenvalue weighted by Crippen LogP contribution is 2.48. The van der Waals surface area contributed by atoms with Gasteiger partial charge in [0.25, 0.3) is 5.91 Å². The van der Waals surface area contributed by atoms with Gasteiger partial charge in [0, 0.05) is 23.3 Å². The van der Waals surface area contributed by atoms with E-state index in [4.69, 9.17) is 4.74 Å². The van der Waals surface area contributed by atoms with Crippen molar-refractivity contribution in [2.24, 2.45) is 0 Å². The molecule has 39 heavy (non-hydrogen) atoms. The number of carbonyl (C=O) groups excluding carboxylic acids is 2. The van der Waals surface area contributed by atoms with Gasteiger partial charge in [0.05, 0.1) is 24.5 Å². The molecule has 5 nitrogen and oxygen atoms in total. The Bertz CT molecular complexity index is 1580. The number of ketones is 1. The molecule has 0 radical (unpaired) electrons. The van der Waals surface area contributed by atoms with E-state index < -0.39 is 6.04 Å². The minimum Gasteiger partial charge on any atom is -0.497 e. The Balaban J connectivity index is 1.54. The number of rotatable bonds is 4. The highest BCUT2D eigenvalue weighted by Gasteiger charge is 2.41. The second kappa shape index (κ2) is 10.2. The van der Waals surface area contributed by atoms with Crippen molar-refractivity contribution >= 4 is 23.1 Å². The van der Waals surface area contributed by atoms with Crippen molar-refractivity contribution in [1.29, 1.82) is 0 Å². The van der Waals surface area contributed by atoms with E-state index in [0.29, 0.717) is 28.8 Å². The summed E-state index contributed by atoms with van der Waals surface area (Å²) >= 11 is 0. The van der Waals surface area contributed by atoms with Crippen LogP contribution in [-0.2, 0) is 4.79 Å². The summed E-state index contributed by atoms with van der Waals surface area (Å²) in [6, 6.07) is 29.7. The Kier molecular flexibility index (Phi) is 6.45. The standard InChI is InChI=1S/C33H27FN2O3/c1-39-26-11-7-10-23(18-26)24-19-28-31(30(37)20-24)32(21-14-16-25(34)17-15-21)36(29-13-6-5-12-27(29)35-28)33(38)22-8-3-2-4-9-22/h2-18,24,32,35H,19-20H2,1H3/t24-,32+/m1/s1. The van der Waals surface area contributed by atoms with E-state index in [2.05, 4.69) is 5.32 Å². The smallest absolute Gasteiger partial charge is 0.259 e. The number of para-hydroxylation sites is 2. The van der Waals surface area contributed by atoms with Crippen LogP contribution >= 0.6 is 0 Å². The number of allylic oxidation sites excluding steroid dienone is 1. The second-order valence-electron chi connectivity index (χ2n) is 9.83. The van der Waals surface area contributed by atoms with Gasteiger partial charge in [0.15, 0.2) is 5.78 Å². The van der Waals surface area contributed by atoms with E-state index in [-0.39, 0.29) is 29.8 Å². The third kappa shape index (κ3) is 4.59. The first-order valence-electron chi connectivity index (χ1n) is 12.9. The first kappa shape index (κ1) is 24.6. The van der Waals surface area contributed by atoms with Crippen molar-refractivity contribution in [3.63, 3.8) is 0 Å². The molecule has 1 N–H and O–H groups in total. The molecule has 4 aromatic rings. The Labute approximate surface area is 226 Å². The summed E-state index contributed by atoms with van der Waals surface area (Å²) in [5.41, 5.74) is 4.87. The zero-order chi connectivity index (χ0) is 26.9. The Morgan fingerprint density at radius 2 is 1.62 bits per heavy atom. The van der Waals surface area contributed by atoms with E-state index in [1.54, 1.807) is 36.3 Å². The highest BCUT2D eigenvalue weighted by atomic mass is 19.1. The number of methoxy groups -OCH3 is 1. The predicted molar refractivity (Wildman–Crippen MR) is 149 cm³/mol. The third-order valence-electron chi connectivity index (χ3n) is 7.48. The van der Waals surface area contributed by atoms with Gasteiger partial charge in [-0.05, 0) is 72.0 Å². The summed E-state index contributed by atoms with van der Waals surface area (Å²) in [5, 5.41) is 3.53. The summed E-state index contributed by atoms with van der Waals surface area (Å²) in [5.74, 6) is 0.00766. The molecule has 0 fully saturated rings. The molecule has 0 bridgehead atoms. The topological polar surface area (TPSA) is 58.6 Å². The van der Waals surface area contributed by atoms with Gasteiger partial charge < -0.3 is 10.1 Å². The van der Waals surface area contributed by atoms with Crippen molar-refractivity contribution in [1.82, 2.24) is 0 Å². The Hall–Kier alpha value is -4.71. The number of benzene rings is 4. The van der Waals surface area contributed by atoms with Crippen LogP contribution in [0.5, 0.6) is 5.75 Å². The lowest BCUT2D eigenvalue weighted by molar-refractivity contribution is -0.116. The summed E-state index contributed by atoms with van der Waals surface area (Å²) in [6.07, 6.45) is 0.864. The third-order valence-corrected chi connectivity index (χ3v) is 7.48. The number of Topliss-reactive ketones (excluding diaryl/α,β-unsaturated/α-hetero) is 1. The van der Waals surface area contributed by atoms with E-state index in [1.165, 1.54) is 12.1 Å². The number of nitrogens with one attached hydrogen (secondary N) is 1. The van der Waals surface area contributed by atoms with E-state index >= 15 is 0 Å². The molecule has 0 aromatic heterocycles. The summed E-state index contributed by atoms with van der Waals surface area (Å²) in [7, 11) is 1.63. The molecule has 6 rings (SSSR count). The van der Waals surface area contributed by atoms with Crippen LogP contribution < -0.4 is 15.0 Å². The number of fused-ring (bicyclic) bond motifs is 1. The summed E-state index contributed by atoms with van der Waals surface area (Å²) in [6.45, 7) is 0. The van der Waals surface area contributed by atoms with Gasteiger partial charge in [0.2, 0.25) is 0 Å². The molecule has 1 amide bonds. The molecule has 0 saturated heterocycles. The summed E-state index contributed by atoms with van der Waals surface area (Å²) in [4.78, 5) is 29.9. The first-order chi connectivity index (χ1) is 19.0. The van der Waals surface area contributed by atoms with Crippen molar-refractivity contribution in [2.75, 3.05) is 17.3 Å². The van der Waals surface area contributed by atoms with Gasteiger partial charge in [-0.15, -0.1) is 0 Å². The average molecular weight is 519 g/mol. The maximum Gasteiger partial charge on any atom is 0.259 e. The van der Waals surface area contributed by atoms with Crippen LogP contribution in [0.3, 0.4) is 0 Å². The average Bonchev–Trinajstić information content (AvgIpc) is 3.12. The SMILES string of the molecule is COc1cccc([C@H]2CC(=O)C3=C(C2)Nc2ccccc2N(C(=O)c2ccccc2)[C@H]3c2ccc(F)cc2)c1. The van der Waals surface area contributed by atoms with E-state index in [1.807, 2.05) is 66.7 Å². The molecule has 0 saturated carbocycles. The first-order valence-corrected chi connectivity index (χ1v) is 12.9. The number of anilines is 2. The lowest BCUT2D eigenvalue weighted by atomic mass is 9.78. The summed E-state index contributed by atoms with van der Waals surface area (Å²) < 4.78 is 19.4. The molecule has 1 aliphatic heterocycles. The molecule has 1 heterocycles. The van der Waals surface area contributed by atoms with Crippen molar-refractivity contribution < 1.29 is 18.7 Å². The molecule has 1 aliphatic carbocycles. The number of ether oxygens (including phenoxy) is 1. The molecular weight excluding hydrogens is 491 g/mol. The molecule has 194 valence electrons. The molecule has 4 aromatic carbocycles. The molecule has 0 spiro atoms. The minimum absolute atomic E-state index is 0.0513. The van der Waals surface area contributed by atoms with E-state index in [0.717, 1.165) is 22.7 Å². The molecule has 2 aliphatic rings. The van der Waals surface area contributed by atoms with Crippen LogP contribution in [0.2, 0.25) is 0 Å². The molecule has 6 heteroatoms. The van der Waals surface area contributed by atoms with Gasteiger partial charge in [-0.1, -0.05) is 54.6 Å². The molecule has 0 unspecified atom stereocenters. The maximum absolute atomic E-state index is 14.2. The van der Waals surface area contributed by atoms with Crippen LogP contribution in [0.15, 0.2) is 114 Å². The van der Waals surface area contributed by atoms with Crippen molar-refractivity contribution in [3.8, 4) is 5.75 Å². The normalized spacial score (nSPS) is 18.5. The Morgan fingerprint density at radius 3 is 2.38 bits per heavy atom. The van der Waals surface area contributed by atoms with Crippen LogP contribution in [0.1, 0.15) is 46.3 Å². The second-order valence-corrected chi connectivity index (χ2v) is 9.83. The minimum atomic E-state index is -0.733. The zero-order valence-electron chi connectivity index (χ0n) is 21.4. The lowest BCUT2D eigenvalue weighted by Gasteiger charge is -2.35. The predicted octanol–water partition coefficient (Wildman–Crippen LogP) is 7.05. The van der Waals surface area contributed by atoms with Crippen LogP contribution in [-0.4, -0.2) is 18.8 Å². The van der Waals surface area contributed by atoms with Gasteiger partial charge in [0.1, 0.15) is 11.6 Å². The molecule has 2 atom stereocenters. The number of hydrogen-bond acceptors (Lipinski definition) is 4. The van der Waals surface area contributed by atoms with Gasteiger partial charge >= 0.3 is 0 Å². The maximum atomic E-state index is 14.2. The van der Waals surface area contributed by atoms with Gasteiger partial charge in [-0.3, -0.25) is 14.5 Å². The highest BCUT2D eigenvalue weighted by molar-refractivity contribution is 6.12. The van der Waals surface area contributed by atoms with Crippen LogP contribution in [0.25, 0.3) is 0 Å². The quantitative estimate of drug-likeness (QED) is 0.315. The molecular formula is C33H27FN2O3. The Morgan fingerprint density at radius 1 is 0.872 bits per heavy atom. The van der Waals surface area contributed by atoms with Crippen molar-refractivity contribution in [2.45, 2.75) is 24.8 Å². The van der Waals surface area contributed by atoms with Crippen LogP contribution in [0.4, 0.5) is 15.8 Å². The van der Waals surface area contributed by atoms with Gasteiger partial charge in [-0.2, -0.15) is 0 Å². The number of hydrogen-bond donors (Lipinski definition) is 1. The fourth-order valence-corrected chi connectivity index (χ4v) is 5.63. The van der Waals surface area contributed by atoms with E-state index in [9.17, 15) is 14.0 Å². The van der Waals surface area contributed by atoms with Gasteiger partial charge in [-0.25, -0.2) is 4.39 Å². The largest absolute Gasteiger partial charge is 0.497 e. The lowest BCUT2D eigenvalue weighted by Crippen LogP contribution is -2.38. The number of carbonyl (C=O) groups is 2. The number of nitrogens with zero attached hydrogens (tertiary/aromatic N) is 1. The fourth-order valence-electron chi connectivity index (χ4n) is 5.63. The van der Waals surface area contributed by atoms with Crippen molar-refractivity contribution in [3.05, 3.63) is 137 Å². The monoisotopic (exact) mass is 518 g/mol.